The number of nitrogens with one attached hydrogen (secondary N) is 1. The van der Waals surface area contributed by atoms with Gasteiger partial charge in [-0.25, -0.2) is 9.67 Å². The van der Waals surface area contributed by atoms with Gasteiger partial charge in [-0.05, 0) is 41.7 Å². The molecule has 1 aliphatic carbocycles. The Bertz CT molecular complexity index is 906. The standard InChI is InChI=1S/C20H20N4O2/c25-19(20(26)10-9-16-3-1-2-4-17(16)11-20)22-12-15-5-7-18(8-6-15)24-14-21-13-23-24/h1-8,13-14,26H,9-12H2,(H,22,25). The average molecular weight is 348 g/mol. The molecule has 0 saturated heterocycles. The van der Waals surface area contributed by atoms with Crippen LogP contribution in [0.3, 0.4) is 0 Å². The van der Waals surface area contributed by atoms with Crippen LogP contribution in [0.4, 0.5) is 0 Å². The molecule has 1 amide bonds. The molecule has 2 aromatic carbocycles. The smallest absolute Gasteiger partial charge is 0.252 e. The minimum atomic E-state index is -1.34. The first-order valence-corrected chi connectivity index (χ1v) is 8.65. The zero-order valence-electron chi connectivity index (χ0n) is 14.3. The summed E-state index contributed by atoms with van der Waals surface area (Å²) in [6.07, 6.45) is 4.64. The lowest BCUT2D eigenvalue weighted by Crippen LogP contribution is -2.50. The fourth-order valence-corrected chi connectivity index (χ4v) is 3.37. The maximum Gasteiger partial charge on any atom is 0.252 e. The molecular weight excluding hydrogens is 328 g/mol. The lowest BCUT2D eigenvalue weighted by atomic mass is 9.80. The number of carbonyl (C=O) groups is 1. The van der Waals surface area contributed by atoms with E-state index in [1.54, 1.807) is 11.0 Å². The van der Waals surface area contributed by atoms with Crippen LogP contribution in [0.15, 0.2) is 61.2 Å². The molecule has 6 nitrogen and oxygen atoms in total. The van der Waals surface area contributed by atoms with Crippen molar-refractivity contribution in [3.63, 3.8) is 0 Å². The van der Waals surface area contributed by atoms with Crippen molar-refractivity contribution in [3.8, 4) is 5.69 Å². The second-order valence-corrected chi connectivity index (χ2v) is 6.67. The van der Waals surface area contributed by atoms with Crippen LogP contribution in [0, 0.1) is 0 Å². The van der Waals surface area contributed by atoms with Crippen LogP contribution in [0.5, 0.6) is 0 Å². The van der Waals surface area contributed by atoms with Gasteiger partial charge >= 0.3 is 0 Å². The topological polar surface area (TPSA) is 80.0 Å². The Hall–Kier alpha value is -2.99. The molecule has 0 bridgehead atoms. The molecule has 1 aliphatic rings. The molecule has 1 aromatic heterocycles. The van der Waals surface area contributed by atoms with Crippen molar-refractivity contribution in [2.24, 2.45) is 0 Å². The third-order valence-corrected chi connectivity index (χ3v) is 4.90. The Kier molecular flexibility index (Phi) is 4.26. The summed E-state index contributed by atoms with van der Waals surface area (Å²) in [5.41, 5.74) is 2.79. The summed E-state index contributed by atoms with van der Waals surface area (Å²) in [6.45, 7) is 0.375. The van der Waals surface area contributed by atoms with E-state index in [4.69, 9.17) is 0 Å². The SMILES string of the molecule is O=C(NCc1ccc(-n2cncn2)cc1)C1(O)CCc2ccccc2C1. The van der Waals surface area contributed by atoms with E-state index in [2.05, 4.69) is 21.5 Å². The Balaban J connectivity index is 1.39. The van der Waals surface area contributed by atoms with Gasteiger partial charge in [0.05, 0.1) is 5.69 Å². The summed E-state index contributed by atoms with van der Waals surface area (Å²) in [7, 11) is 0. The van der Waals surface area contributed by atoms with Crippen LogP contribution >= 0.6 is 0 Å². The third-order valence-electron chi connectivity index (χ3n) is 4.90. The maximum absolute atomic E-state index is 12.6. The van der Waals surface area contributed by atoms with Gasteiger partial charge in [0.1, 0.15) is 18.3 Å². The number of aromatic nitrogens is 3. The number of nitrogens with zero attached hydrogens (tertiary/aromatic N) is 3. The molecule has 26 heavy (non-hydrogen) atoms. The highest BCUT2D eigenvalue weighted by Gasteiger charge is 2.38. The van der Waals surface area contributed by atoms with E-state index in [-0.39, 0.29) is 5.91 Å². The van der Waals surface area contributed by atoms with Crippen LogP contribution in [-0.2, 0) is 24.2 Å². The molecule has 132 valence electrons. The number of fused-ring (bicyclic) bond motifs is 1. The average Bonchev–Trinajstić information content (AvgIpc) is 3.21. The summed E-state index contributed by atoms with van der Waals surface area (Å²) < 4.78 is 1.67. The lowest BCUT2D eigenvalue weighted by molar-refractivity contribution is -0.141. The van der Waals surface area contributed by atoms with E-state index >= 15 is 0 Å². The predicted octanol–water partition coefficient (Wildman–Crippen LogP) is 1.80. The molecule has 0 saturated carbocycles. The third kappa shape index (κ3) is 3.23. The van der Waals surface area contributed by atoms with Gasteiger partial charge in [-0.15, -0.1) is 0 Å². The molecule has 0 fully saturated rings. The first kappa shape index (κ1) is 16.5. The molecule has 3 aromatic rings. The Morgan fingerprint density at radius 2 is 1.92 bits per heavy atom. The fraction of sp³-hybridized carbons (Fsp3) is 0.250. The van der Waals surface area contributed by atoms with E-state index in [9.17, 15) is 9.90 Å². The molecule has 6 heteroatoms. The number of carbonyl (C=O) groups excluding carboxylic acids is 1. The number of amides is 1. The summed E-state index contributed by atoms with van der Waals surface area (Å²) in [6, 6.07) is 15.7. The van der Waals surface area contributed by atoms with Crippen molar-refractivity contribution in [2.75, 3.05) is 0 Å². The monoisotopic (exact) mass is 348 g/mol. The van der Waals surface area contributed by atoms with Crippen LogP contribution in [0.2, 0.25) is 0 Å². The normalized spacial score (nSPS) is 19.0. The summed E-state index contributed by atoms with van der Waals surface area (Å²) in [5.74, 6) is -0.313. The Morgan fingerprint density at radius 3 is 2.65 bits per heavy atom. The highest BCUT2D eigenvalue weighted by molar-refractivity contribution is 5.85. The Labute approximate surface area is 151 Å². The van der Waals surface area contributed by atoms with Gasteiger partial charge in [0.2, 0.25) is 0 Å². The van der Waals surface area contributed by atoms with Gasteiger partial charge in [0, 0.05) is 13.0 Å². The lowest BCUT2D eigenvalue weighted by Gasteiger charge is -2.32. The maximum atomic E-state index is 12.6. The summed E-state index contributed by atoms with van der Waals surface area (Å²) >= 11 is 0. The van der Waals surface area contributed by atoms with Crippen molar-refractivity contribution in [3.05, 3.63) is 77.9 Å². The van der Waals surface area contributed by atoms with Crippen LogP contribution in [-0.4, -0.2) is 31.4 Å². The number of rotatable bonds is 4. The highest BCUT2D eigenvalue weighted by atomic mass is 16.3. The predicted molar refractivity (Wildman–Crippen MR) is 96.6 cm³/mol. The second-order valence-electron chi connectivity index (χ2n) is 6.67. The zero-order valence-corrected chi connectivity index (χ0v) is 14.3. The van der Waals surface area contributed by atoms with E-state index in [1.807, 2.05) is 42.5 Å². The molecule has 1 unspecified atom stereocenters. The van der Waals surface area contributed by atoms with Crippen LogP contribution in [0.25, 0.3) is 5.69 Å². The minimum absolute atomic E-state index is 0.313. The zero-order chi connectivity index (χ0) is 18.0. The molecule has 0 radical (unpaired) electrons. The van der Waals surface area contributed by atoms with Gasteiger partial charge in [-0.2, -0.15) is 5.10 Å². The van der Waals surface area contributed by atoms with Crippen molar-refractivity contribution in [1.29, 1.82) is 0 Å². The Morgan fingerprint density at radius 1 is 1.15 bits per heavy atom. The van der Waals surface area contributed by atoms with Crippen LogP contribution in [0.1, 0.15) is 23.1 Å². The molecule has 1 atom stereocenters. The molecule has 4 rings (SSSR count). The van der Waals surface area contributed by atoms with Gasteiger partial charge in [-0.3, -0.25) is 4.79 Å². The molecule has 0 spiro atoms. The van der Waals surface area contributed by atoms with E-state index < -0.39 is 5.60 Å². The first-order valence-electron chi connectivity index (χ1n) is 8.65. The summed E-state index contributed by atoms with van der Waals surface area (Å²) in [5, 5.41) is 17.8. The van der Waals surface area contributed by atoms with Gasteiger partial charge in [0.25, 0.3) is 5.91 Å². The van der Waals surface area contributed by atoms with Gasteiger partial charge in [-0.1, -0.05) is 36.4 Å². The van der Waals surface area contributed by atoms with Crippen molar-refractivity contribution < 1.29 is 9.90 Å². The van der Waals surface area contributed by atoms with Crippen molar-refractivity contribution >= 4 is 5.91 Å². The quantitative estimate of drug-likeness (QED) is 0.753. The summed E-state index contributed by atoms with van der Waals surface area (Å²) in [4.78, 5) is 16.5. The number of aryl methyl sites for hydroxylation is 1. The molecule has 0 aliphatic heterocycles. The van der Waals surface area contributed by atoms with E-state index in [0.717, 1.165) is 16.8 Å². The second kappa shape index (κ2) is 6.72. The van der Waals surface area contributed by atoms with E-state index in [1.165, 1.54) is 11.9 Å². The number of hydrogen-bond acceptors (Lipinski definition) is 4. The number of benzene rings is 2. The largest absolute Gasteiger partial charge is 0.380 e. The molecule has 1 heterocycles. The van der Waals surface area contributed by atoms with Crippen LogP contribution < -0.4 is 5.32 Å². The fourth-order valence-electron chi connectivity index (χ4n) is 3.37. The van der Waals surface area contributed by atoms with E-state index in [0.29, 0.717) is 25.8 Å². The molecular formula is C20H20N4O2. The number of aliphatic hydroxyl groups is 1. The first-order chi connectivity index (χ1) is 12.6. The number of hydrogen-bond donors (Lipinski definition) is 2. The molecule has 2 N–H and O–H groups in total. The minimum Gasteiger partial charge on any atom is -0.380 e. The van der Waals surface area contributed by atoms with Crippen molar-refractivity contribution in [1.82, 2.24) is 20.1 Å². The van der Waals surface area contributed by atoms with Crippen molar-refractivity contribution in [2.45, 2.75) is 31.4 Å². The highest BCUT2D eigenvalue weighted by Crippen LogP contribution is 2.29. The van der Waals surface area contributed by atoms with Gasteiger partial charge < -0.3 is 10.4 Å². The van der Waals surface area contributed by atoms with Gasteiger partial charge in [0.15, 0.2) is 0 Å².